The third kappa shape index (κ3) is 6.59. The minimum atomic E-state index is -0.453. The largest absolute Gasteiger partial charge is 0.396 e. The van der Waals surface area contributed by atoms with Crippen molar-refractivity contribution < 1.29 is 33.9 Å². The smallest absolute Gasteiger partial charge is 0.260 e. The van der Waals surface area contributed by atoms with Gasteiger partial charge in [0.05, 0.1) is 30.7 Å². The molecule has 0 saturated carbocycles. The number of carbonyl (C=O) groups excluding carboxylic acids is 4. The SMILES string of the molecule is CC1(CO)CCN(C(=O)CCCCCNC(=O)CCCCCON2C(=O)C3C4C=CC(O4)C3C2=O)CC1. The second-order valence-electron chi connectivity index (χ2n) is 11.1. The molecule has 4 unspecified atom stereocenters. The van der Waals surface area contributed by atoms with E-state index in [-0.39, 0.29) is 54.5 Å². The highest BCUT2D eigenvalue weighted by Crippen LogP contribution is 2.45. The number of hydroxylamine groups is 2. The zero-order valence-corrected chi connectivity index (χ0v) is 21.9. The molecule has 0 aromatic carbocycles. The average Bonchev–Trinajstić information content (AvgIpc) is 3.58. The summed E-state index contributed by atoms with van der Waals surface area (Å²) in [6.45, 7) is 4.56. The normalized spacial score (nSPS) is 27.7. The standard InChI is InChI=1S/C27H41N3O7/c1-27(18-31)12-15-29(16-13-27)22(33)9-5-2-6-14-28-21(32)8-4-3-7-17-36-30-25(34)23-19-10-11-20(37-19)24(23)26(30)35/h10-11,19-20,23-24,31H,2-9,12-18H2,1H3,(H,28,32). The molecule has 3 fully saturated rings. The number of hydrogen-bond donors (Lipinski definition) is 2. The van der Waals surface area contributed by atoms with E-state index in [0.29, 0.717) is 32.2 Å². The van der Waals surface area contributed by atoms with Crippen LogP contribution in [-0.2, 0) is 28.8 Å². The van der Waals surface area contributed by atoms with Gasteiger partial charge in [-0.05, 0) is 43.9 Å². The molecule has 2 N–H and O–H groups in total. The van der Waals surface area contributed by atoms with Crippen LogP contribution in [0.2, 0.25) is 0 Å². The molecule has 2 bridgehead atoms. The number of aliphatic hydroxyl groups excluding tert-OH is 1. The fourth-order valence-electron chi connectivity index (χ4n) is 5.63. The number of hydrogen-bond acceptors (Lipinski definition) is 7. The van der Waals surface area contributed by atoms with Gasteiger partial charge in [-0.2, -0.15) is 5.06 Å². The van der Waals surface area contributed by atoms with Gasteiger partial charge in [-0.1, -0.05) is 31.9 Å². The Bertz CT molecular complexity index is 853. The molecule has 4 aliphatic rings. The summed E-state index contributed by atoms with van der Waals surface area (Å²) in [4.78, 5) is 56.8. The fraction of sp³-hybridized carbons (Fsp3) is 0.778. The molecular weight excluding hydrogens is 478 g/mol. The zero-order chi connectivity index (χ0) is 26.4. The molecule has 0 aliphatic carbocycles. The molecule has 206 valence electrons. The van der Waals surface area contributed by atoms with Crippen LogP contribution >= 0.6 is 0 Å². The summed E-state index contributed by atoms with van der Waals surface area (Å²) >= 11 is 0. The van der Waals surface area contributed by atoms with Crippen LogP contribution in [0, 0.1) is 17.3 Å². The molecule has 4 atom stereocenters. The number of nitrogens with zero attached hydrogens (tertiary/aromatic N) is 2. The number of amides is 4. The third-order valence-electron chi connectivity index (χ3n) is 8.23. The minimum Gasteiger partial charge on any atom is -0.396 e. The molecule has 0 radical (unpaired) electrons. The van der Waals surface area contributed by atoms with E-state index >= 15 is 0 Å². The number of fused-ring (bicyclic) bond motifs is 5. The first-order valence-corrected chi connectivity index (χ1v) is 13.8. The maximum Gasteiger partial charge on any atom is 0.260 e. The van der Waals surface area contributed by atoms with Crippen molar-refractivity contribution in [1.29, 1.82) is 0 Å². The molecule has 37 heavy (non-hydrogen) atoms. The number of imide groups is 1. The van der Waals surface area contributed by atoms with Crippen LogP contribution < -0.4 is 5.32 Å². The van der Waals surface area contributed by atoms with Crippen molar-refractivity contribution in [1.82, 2.24) is 15.3 Å². The van der Waals surface area contributed by atoms with Gasteiger partial charge >= 0.3 is 0 Å². The summed E-state index contributed by atoms with van der Waals surface area (Å²) in [5.74, 6) is -1.33. The van der Waals surface area contributed by atoms with E-state index in [0.717, 1.165) is 56.7 Å². The van der Waals surface area contributed by atoms with Crippen molar-refractivity contribution in [2.45, 2.75) is 83.3 Å². The minimum absolute atomic E-state index is 0.0120. The Morgan fingerprint density at radius 2 is 1.62 bits per heavy atom. The van der Waals surface area contributed by atoms with E-state index in [1.165, 1.54) is 0 Å². The molecule has 4 heterocycles. The predicted molar refractivity (Wildman–Crippen MR) is 134 cm³/mol. The molecule has 0 aromatic heterocycles. The van der Waals surface area contributed by atoms with Crippen LogP contribution in [0.25, 0.3) is 0 Å². The van der Waals surface area contributed by atoms with Crippen LogP contribution in [0.15, 0.2) is 12.2 Å². The predicted octanol–water partition coefficient (Wildman–Crippen LogP) is 1.71. The first-order chi connectivity index (χ1) is 17.8. The molecule has 0 spiro atoms. The van der Waals surface area contributed by atoms with E-state index in [9.17, 15) is 24.3 Å². The molecule has 10 heteroatoms. The number of piperidine rings is 1. The highest BCUT2D eigenvalue weighted by atomic mass is 16.7. The van der Waals surface area contributed by atoms with E-state index in [4.69, 9.17) is 9.57 Å². The Kier molecular flexibility index (Phi) is 9.36. The van der Waals surface area contributed by atoms with Gasteiger partial charge in [0.25, 0.3) is 11.8 Å². The molecule has 4 rings (SSSR count). The highest BCUT2D eigenvalue weighted by molar-refractivity contribution is 6.05. The number of ether oxygens (including phenoxy) is 1. The summed E-state index contributed by atoms with van der Waals surface area (Å²) in [6.07, 6.45) is 10.4. The van der Waals surface area contributed by atoms with Gasteiger partial charge in [0.1, 0.15) is 0 Å². The number of likely N-dealkylation sites (tertiary alicyclic amines) is 1. The van der Waals surface area contributed by atoms with Crippen LogP contribution in [-0.4, -0.2) is 83.8 Å². The molecule has 10 nitrogen and oxygen atoms in total. The van der Waals surface area contributed by atoms with Crippen molar-refractivity contribution in [3.05, 3.63) is 12.2 Å². The second kappa shape index (κ2) is 12.5. The summed E-state index contributed by atoms with van der Waals surface area (Å²) < 4.78 is 5.60. The van der Waals surface area contributed by atoms with Crippen molar-refractivity contribution >= 4 is 23.6 Å². The summed E-state index contributed by atoms with van der Waals surface area (Å²) in [5, 5.41) is 13.3. The first-order valence-electron chi connectivity index (χ1n) is 13.8. The summed E-state index contributed by atoms with van der Waals surface area (Å²) in [6, 6.07) is 0. The Balaban J connectivity index is 0.966. The molecule has 3 saturated heterocycles. The van der Waals surface area contributed by atoms with Gasteiger partial charge < -0.3 is 20.1 Å². The van der Waals surface area contributed by atoms with E-state index < -0.39 is 11.8 Å². The Labute approximate surface area is 218 Å². The van der Waals surface area contributed by atoms with Gasteiger partial charge in [-0.25, -0.2) is 0 Å². The van der Waals surface area contributed by atoms with Crippen LogP contribution in [0.5, 0.6) is 0 Å². The van der Waals surface area contributed by atoms with Gasteiger partial charge in [0.15, 0.2) is 0 Å². The monoisotopic (exact) mass is 519 g/mol. The number of rotatable bonds is 14. The average molecular weight is 520 g/mol. The van der Waals surface area contributed by atoms with Crippen LogP contribution in [0.1, 0.15) is 71.1 Å². The van der Waals surface area contributed by atoms with Crippen LogP contribution in [0.3, 0.4) is 0 Å². The lowest BCUT2D eigenvalue weighted by Crippen LogP contribution is -2.43. The van der Waals surface area contributed by atoms with Crippen molar-refractivity contribution in [3.8, 4) is 0 Å². The lowest BCUT2D eigenvalue weighted by atomic mass is 9.81. The maximum atomic E-state index is 12.5. The lowest BCUT2D eigenvalue weighted by molar-refractivity contribution is -0.192. The van der Waals surface area contributed by atoms with Gasteiger partial charge in [0, 0.05) is 39.1 Å². The van der Waals surface area contributed by atoms with E-state index in [1.54, 1.807) is 0 Å². The van der Waals surface area contributed by atoms with Gasteiger partial charge in [-0.15, -0.1) is 0 Å². The molecule has 4 amide bonds. The highest BCUT2D eigenvalue weighted by Gasteiger charge is 2.61. The van der Waals surface area contributed by atoms with Gasteiger partial charge in [0.2, 0.25) is 11.8 Å². The lowest BCUT2D eigenvalue weighted by Gasteiger charge is -2.38. The Hall–Kier alpha value is -2.30. The quantitative estimate of drug-likeness (QED) is 0.203. The Morgan fingerprint density at radius 3 is 2.27 bits per heavy atom. The fourth-order valence-corrected chi connectivity index (χ4v) is 5.63. The number of carbonyl (C=O) groups is 4. The topological polar surface area (TPSA) is 125 Å². The summed E-state index contributed by atoms with van der Waals surface area (Å²) in [7, 11) is 0. The molecule has 0 aromatic rings. The third-order valence-corrected chi connectivity index (χ3v) is 8.23. The van der Waals surface area contributed by atoms with Crippen molar-refractivity contribution in [2.24, 2.45) is 17.3 Å². The number of aliphatic hydroxyl groups is 1. The van der Waals surface area contributed by atoms with E-state index in [2.05, 4.69) is 12.2 Å². The number of unbranched alkanes of at least 4 members (excludes halogenated alkanes) is 4. The van der Waals surface area contributed by atoms with Gasteiger partial charge in [-0.3, -0.25) is 24.0 Å². The maximum absolute atomic E-state index is 12.5. The second-order valence-corrected chi connectivity index (χ2v) is 11.1. The Morgan fingerprint density at radius 1 is 1.00 bits per heavy atom. The van der Waals surface area contributed by atoms with Crippen LogP contribution in [0.4, 0.5) is 0 Å². The van der Waals surface area contributed by atoms with E-state index in [1.807, 2.05) is 17.1 Å². The number of nitrogens with one attached hydrogen (secondary N) is 1. The molecular formula is C27H41N3O7. The summed E-state index contributed by atoms with van der Waals surface area (Å²) in [5.41, 5.74) is -0.0511. The first kappa shape index (κ1) is 27.7. The zero-order valence-electron chi connectivity index (χ0n) is 21.9. The van der Waals surface area contributed by atoms with Crippen molar-refractivity contribution in [3.63, 3.8) is 0 Å². The molecule has 4 aliphatic heterocycles. The van der Waals surface area contributed by atoms with Crippen molar-refractivity contribution in [2.75, 3.05) is 32.8 Å².